The Kier molecular flexibility index (Phi) is 7.57. The van der Waals surface area contributed by atoms with E-state index < -0.39 is 29.6 Å². The monoisotopic (exact) mass is 541 g/mol. The minimum Gasteiger partial charge on any atom is -0.481 e. The number of fused-ring (bicyclic) bond motifs is 3. The smallest absolute Gasteiger partial charge is 0.414 e. The quantitative estimate of drug-likeness (QED) is 0.426. The summed E-state index contributed by atoms with van der Waals surface area (Å²) in [5.41, 5.74) is 3.44. The van der Waals surface area contributed by atoms with E-state index in [0.717, 1.165) is 66.5 Å². The van der Waals surface area contributed by atoms with Gasteiger partial charge in [0.05, 0.1) is 35.9 Å². The number of carbonyl (C=O) groups excluding carboxylic acids is 1. The van der Waals surface area contributed by atoms with Gasteiger partial charge in [-0.3, -0.25) is 9.69 Å². The van der Waals surface area contributed by atoms with Crippen molar-refractivity contribution in [3.05, 3.63) is 58.9 Å². The summed E-state index contributed by atoms with van der Waals surface area (Å²) >= 11 is 0. The lowest BCUT2D eigenvalue weighted by atomic mass is 9.91. The number of hydrogen-bond donors (Lipinski definition) is 1. The highest BCUT2D eigenvalue weighted by molar-refractivity contribution is 5.95. The van der Waals surface area contributed by atoms with Crippen LogP contribution in [0.3, 0.4) is 0 Å². The van der Waals surface area contributed by atoms with E-state index in [2.05, 4.69) is 4.57 Å². The molecule has 8 nitrogen and oxygen atoms in total. The van der Waals surface area contributed by atoms with E-state index in [1.807, 2.05) is 19.1 Å². The molecule has 5 rings (SSSR count). The van der Waals surface area contributed by atoms with Crippen molar-refractivity contribution >= 4 is 28.8 Å². The van der Waals surface area contributed by atoms with Crippen LogP contribution in [0.15, 0.2) is 30.3 Å². The zero-order valence-corrected chi connectivity index (χ0v) is 22.3. The number of carboxylic acids is 1. The molecule has 1 N–H and O–H groups in total. The van der Waals surface area contributed by atoms with Crippen LogP contribution in [0.4, 0.5) is 19.3 Å². The second-order valence-corrected chi connectivity index (χ2v) is 10.5. The number of aromatic nitrogens is 2. The molecule has 1 fully saturated rings. The summed E-state index contributed by atoms with van der Waals surface area (Å²) in [6.07, 6.45) is 4.58. The molecule has 1 aromatic heterocycles. The van der Waals surface area contributed by atoms with Crippen LogP contribution < -0.4 is 4.90 Å². The van der Waals surface area contributed by atoms with E-state index in [1.165, 1.54) is 13.2 Å². The first-order chi connectivity index (χ1) is 18.7. The Morgan fingerprint density at radius 2 is 1.82 bits per heavy atom. The lowest BCUT2D eigenvalue weighted by molar-refractivity contribution is -0.138. The molecule has 1 amide bonds. The van der Waals surface area contributed by atoms with Gasteiger partial charge in [-0.25, -0.2) is 18.6 Å². The van der Waals surface area contributed by atoms with E-state index >= 15 is 0 Å². The Bertz CT molecular complexity index is 1400. The predicted molar refractivity (Wildman–Crippen MR) is 141 cm³/mol. The number of carbonyl (C=O) groups is 2. The fourth-order valence-corrected chi connectivity index (χ4v) is 6.17. The first-order valence-electron chi connectivity index (χ1n) is 13.3. The van der Waals surface area contributed by atoms with Crippen LogP contribution in [-0.4, -0.2) is 53.1 Å². The summed E-state index contributed by atoms with van der Waals surface area (Å²) in [4.78, 5) is 31.6. The van der Waals surface area contributed by atoms with E-state index in [9.17, 15) is 23.5 Å². The van der Waals surface area contributed by atoms with E-state index in [-0.39, 0.29) is 30.2 Å². The summed E-state index contributed by atoms with van der Waals surface area (Å²) < 4.78 is 40.4. The maximum absolute atomic E-state index is 14.1. The van der Waals surface area contributed by atoms with E-state index in [0.29, 0.717) is 12.2 Å². The van der Waals surface area contributed by atoms with Crippen LogP contribution in [0.25, 0.3) is 11.0 Å². The molecule has 1 aliphatic carbocycles. The molecule has 2 aromatic carbocycles. The van der Waals surface area contributed by atoms with Gasteiger partial charge < -0.3 is 19.1 Å². The lowest BCUT2D eigenvalue weighted by Gasteiger charge is -2.34. The van der Waals surface area contributed by atoms with Crippen LogP contribution in [-0.2, 0) is 27.1 Å². The van der Waals surface area contributed by atoms with Crippen molar-refractivity contribution in [3.63, 3.8) is 0 Å². The zero-order chi connectivity index (χ0) is 27.8. The van der Waals surface area contributed by atoms with Gasteiger partial charge in [0.1, 0.15) is 5.82 Å². The topological polar surface area (TPSA) is 93.9 Å². The number of hydrogen-bond acceptors (Lipinski definition) is 5. The third-order valence-electron chi connectivity index (χ3n) is 8.27. The second-order valence-electron chi connectivity index (χ2n) is 10.5. The molecule has 0 unspecified atom stereocenters. The zero-order valence-electron chi connectivity index (χ0n) is 22.3. The largest absolute Gasteiger partial charge is 0.481 e. The summed E-state index contributed by atoms with van der Waals surface area (Å²) in [5, 5.41) is 10.1. The number of aryl methyl sites for hydroxylation is 1. The molecule has 0 spiro atoms. The molecule has 2 heterocycles. The number of nitrogens with zero attached hydrogens (tertiary/aromatic N) is 3. The number of rotatable bonds is 6. The third-order valence-corrected chi connectivity index (χ3v) is 8.27. The Morgan fingerprint density at radius 1 is 1.08 bits per heavy atom. The Hall–Kier alpha value is -3.53. The number of anilines is 1. The molecular weight excluding hydrogens is 508 g/mol. The van der Waals surface area contributed by atoms with Crippen LogP contribution in [0.2, 0.25) is 0 Å². The number of amides is 1. The summed E-state index contributed by atoms with van der Waals surface area (Å²) in [7, 11) is 3.07. The number of methoxy groups -OCH3 is 2. The van der Waals surface area contributed by atoms with E-state index in [1.54, 1.807) is 12.0 Å². The van der Waals surface area contributed by atoms with Crippen LogP contribution in [0.5, 0.6) is 0 Å². The molecule has 0 saturated heterocycles. The van der Waals surface area contributed by atoms with Crippen molar-refractivity contribution < 1.29 is 33.0 Å². The van der Waals surface area contributed by atoms with Crippen molar-refractivity contribution in [2.75, 3.05) is 19.1 Å². The second kappa shape index (κ2) is 10.9. The molecule has 1 aliphatic heterocycles. The van der Waals surface area contributed by atoms with Gasteiger partial charge in [0.2, 0.25) is 0 Å². The molecule has 3 aromatic rings. The van der Waals surface area contributed by atoms with Crippen LogP contribution in [0, 0.1) is 11.6 Å². The van der Waals surface area contributed by atoms with Gasteiger partial charge in [-0.2, -0.15) is 0 Å². The molecule has 0 bridgehead atoms. The highest BCUT2D eigenvalue weighted by Crippen LogP contribution is 2.40. The number of aliphatic carboxylic acids is 1. The number of benzene rings is 2. The van der Waals surface area contributed by atoms with Crippen molar-refractivity contribution in [2.24, 2.45) is 0 Å². The molecule has 0 radical (unpaired) electrons. The maximum Gasteiger partial charge on any atom is 0.414 e. The molecule has 2 aliphatic rings. The Labute approximate surface area is 225 Å². The van der Waals surface area contributed by atoms with Crippen molar-refractivity contribution in [3.8, 4) is 0 Å². The predicted octanol–water partition coefficient (Wildman–Crippen LogP) is 5.76. The third kappa shape index (κ3) is 4.97. The maximum atomic E-state index is 14.1. The fraction of sp³-hybridized carbons (Fsp3) is 0.483. The highest BCUT2D eigenvalue weighted by Gasteiger charge is 2.34. The van der Waals surface area contributed by atoms with Crippen molar-refractivity contribution in [1.29, 1.82) is 0 Å². The van der Waals surface area contributed by atoms with Gasteiger partial charge >= 0.3 is 12.1 Å². The first-order valence-corrected chi connectivity index (χ1v) is 13.3. The first kappa shape index (κ1) is 27.1. The lowest BCUT2D eigenvalue weighted by Crippen LogP contribution is -2.42. The number of ether oxygens (including phenoxy) is 2. The van der Waals surface area contributed by atoms with Crippen LogP contribution in [0.1, 0.15) is 67.9 Å². The average molecular weight is 542 g/mol. The fourth-order valence-electron chi connectivity index (χ4n) is 6.17. The number of halogens is 2. The van der Waals surface area contributed by atoms with Crippen molar-refractivity contribution in [1.82, 2.24) is 9.55 Å². The summed E-state index contributed by atoms with van der Waals surface area (Å²) in [6.45, 7) is 1.97. The van der Waals surface area contributed by atoms with Crippen molar-refractivity contribution in [2.45, 2.75) is 76.0 Å². The Morgan fingerprint density at radius 3 is 2.46 bits per heavy atom. The highest BCUT2D eigenvalue weighted by atomic mass is 19.2. The molecule has 1 saturated carbocycles. The molecule has 208 valence electrons. The number of carboxylic acid groups (broad SMARTS) is 1. The van der Waals surface area contributed by atoms with Gasteiger partial charge in [0.25, 0.3) is 0 Å². The molecule has 2 atom stereocenters. The standard InChI is InChI=1S/C29H33F2N3O5/c1-16-4-10-20-24(33(16)29(37)39-3)12-13-25-27(20)32-26(34(25)18-6-8-19(38-2)9-7-18)15-21(28(35)36)17-5-11-22(30)23(31)14-17/h5,11-14,16,18-19,21H,4,6-10,15H2,1-3H3,(H,35,36)/t16-,18?,19?,21+/m0/s1. The van der Waals surface area contributed by atoms with Gasteiger partial charge in [-0.1, -0.05) is 6.07 Å². The van der Waals surface area contributed by atoms with Gasteiger partial charge in [0, 0.05) is 31.2 Å². The SMILES string of the molecule is COC(=O)N1c2ccc3c(nc(C[C@@H](C(=O)O)c4ccc(F)c(F)c4)n3C3CCC(OC)CC3)c2CC[C@@H]1C. The summed E-state index contributed by atoms with van der Waals surface area (Å²) in [5.74, 6) is -3.80. The van der Waals surface area contributed by atoms with Gasteiger partial charge in [-0.05, 0) is 75.3 Å². The Balaban J connectivity index is 1.63. The molecule has 10 heteroatoms. The minimum atomic E-state index is -1.14. The molecule has 39 heavy (non-hydrogen) atoms. The molecular formula is C29H33F2N3O5. The van der Waals surface area contributed by atoms with E-state index in [4.69, 9.17) is 14.5 Å². The van der Waals surface area contributed by atoms with Gasteiger partial charge in [0.15, 0.2) is 11.6 Å². The minimum absolute atomic E-state index is 0.00514. The normalized spacial score (nSPS) is 22.0. The summed E-state index contributed by atoms with van der Waals surface area (Å²) in [6, 6.07) is 7.10. The average Bonchev–Trinajstić information content (AvgIpc) is 3.31. The van der Waals surface area contributed by atoms with Gasteiger partial charge in [-0.15, -0.1) is 0 Å². The van der Waals surface area contributed by atoms with Crippen LogP contribution >= 0.6 is 0 Å². The number of imidazole rings is 1.